The summed E-state index contributed by atoms with van der Waals surface area (Å²) in [5, 5.41) is 11.7. The number of likely N-dealkylation sites (tertiary alicyclic amines) is 1. The van der Waals surface area contributed by atoms with Crippen molar-refractivity contribution in [1.29, 1.82) is 0 Å². The smallest absolute Gasteiger partial charge is 0.258 e. The highest BCUT2D eigenvalue weighted by Crippen LogP contribution is 2.39. The predicted molar refractivity (Wildman–Crippen MR) is 155 cm³/mol. The molecule has 3 aromatic carbocycles. The summed E-state index contributed by atoms with van der Waals surface area (Å²) < 4.78 is 0. The fourth-order valence-corrected chi connectivity index (χ4v) is 5.00. The van der Waals surface area contributed by atoms with Gasteiger partial charge in [0.2, 0.25) is 11.8 Å². The Morgan fingerprint density at radius 1 is 0.872 bits per heavy atom. The molecule has 3 amide bonds. The van der Waals surface area contributed by atoms with Crippen LogP contribution in [0.4, 0.5) is 17.1 Å². The van der Waals surface area contributed by atoms with E-state index < -0.39 is 0 Å². The fraction of sp³-hybridized carbons (Fsp3) is 0.258. The molecule has 39 heavy (non-hydrogen) atoms. The van der Waals surface area contributed by atoms with Crippen molar-refractivity contribution in [2.45, 2.75) is 32.7 Å². The number of hydrogen-bond donors (Lipinski definition) is 4. The summed E-state index contributed by atoms with van der Waals surface area (Å²) >= 11 is 0. The van der Waals surface area contributed by atoms with Crippen LogP contribution in [0.15, 0.2) is 72.8 Å². The zero-order valence-corrected chi connectivity index (χ0v) is 22.0. The molecular weight excluding hydrogens is 490 g/mol. The quantitative estimate of drug-likeness (QED) is 0.321. The van der Waals surface area contributed by atoms with Crippen LogP contribution in [0.25, 0.3) is 11.3 Å². The zero-order chi connectivity index (χ0) is 27.2. The second-order valence-corrected chi connectivity index (χ2v) is 9.95. The van der Waals surface area contributed by atoms with Gasteiger partial charge in [-0.15, -0.1) is 0 Å². The van der Waals surface area contributed by atoms with Crippen LogP contribution in [-0.4, -0.2) is 42.3 Å². The fourth-order valence-electron chi connectivity index (χ4n) is 5.00. The lowest BCUT2D eigenvalue weighted by Gasteiger charge is -2.26. The molecule has 4 N–H and O–H groups in total. The highest BCUT2D eigenvalue weighted by molar-refractivity contribution is 6.37. The molecule has 2 heterocycles. The summed E-state index contributed by atoms with van der Waals surface area (Å²) in [6.45, 7) is 4.47. The molecule has 3 aromatic rings. The summed E-state index contributed by atoms with van der Waals surface area (Å²) in [6.07, 6.45) is 3.84. The average Bonchev–Trinajstić information content (AvgIpc) is 3.27. The van der Waals surface area contributed by atoms with E-state index in [4.69, 9.17) is 0 Å². The third kappa shape index (κ3) is 6.53. The molecular formula is C31H33N5O3. The van der Waals surface area contributed by atoms with E-state index in [0.29, 0.717) is 28.2 Å². The van der Waals surface area contributed by atoms with Gasteiger partial charge < -0.3 is 21.3 Å². The molecule has 0 unspecified atom stereocenters. The average molecular weight is 524 g/mol. The Labute approximate surface area is 228 Å². The second kappa shape index (κ2) is 12.0. The molecule has 0 saturated carbocycles. The number of rotatable bonds is 8. The van der Waals surface area contributed by atoms with Crippen LogP contribution >= 0.6 is 0 Å². The molecule has 2 aliphatic heterocycles. The van der Waals surface area contributed by atoms with Crippen LogP contribution in [0.5, 0.6) is 0 Å². The molecule has 0 atom stereocenters. The lowest BCUT2D eigenvalue weighted by Crippen LogP contribution is -2.31. The van der Waals surface area contributed by atoms with Crippen LogP contribution in [0.2, 0.25) is 0 Å². The Bertz CT molecular complexity index is 1390. The van der Waals surface area contributed by atoms with Crippen LogP contribution in [0.3, 0.4) is 0 Å². The third-order valence-corrected chi connectivity index (χ3v) is 6.94. The summed E-state index contributed by atoms with van der Waals surface area (Å²) in [5.41, 5.74) is 6.07. The lowest BCUT2D eigenvalue weighted by molar-refractivity contribution is -0.122. The number of nitrogens with zero attached hydrogens (tertiary/aromatic N) is 1. The monoisotopic (exact) mass is 523 g/mol. The number of carbonyl (C=O) groups excluding carboxylic acids is 3. The van der Waals surface area contributed by atoms with Crippen molar-refractivity contribution in [3.63, 3.8) is 0 Å². The number of benzene rings is 3. The first-order chi connectivity index (χ1) is 19.0. The van der Waals surface area contributed by atoms with Crippen LogP contribution in [-0.2, 0) is 20.9 Å². The van der Waals surface area contributed by atoms with Gasteiger partial charge in [0, 0.05) is 36.1 Å². The van der Waals surface area contributed by atoms with Gasteiger partial charge in [-0.1, -0.05) is 48.9 Å². The first-order valence-corrected chi connectivity index (χ1v) is 13.3. The largest absolute Gasteiger partial charge is 0.354 e. The predicted octanol–water partition coefficient (Wildman–Crippen LogP) is 4.68. The number of fused-ring (bicyclic) bond motifs is 1. The van der Waals surface area contributed by atoms with Gasteiger partial charge in [0.15, 0.2) is 0 Å². The number of nitrogens with one attached hydrogen (secondary N) is 4. The summed E-state index contributed by atoms with van der Waals surface area (Å²) in [5.74, 6) is -0.851. The van der Waals surface area contributed by atoms with Crippen molar-refractivity contribution >= 4 is 46.1 Å². The maximum atomic E-state index is 13.3. The van der Waals surface area contributed by atoms with Gasteiger partial charge in [-0.2, -0.15) is 0 Å². The second-order valence-electron chi connectivity index (χ2n) is 9.95. The molecule has 200 valence electrons. The van der Waals surface area contributed by atoms with E-state index in [1.165, 1.54) is 31.7 Å². The molecule has 1 saturated heterocycles. The first-order valence-electron chi connectivity index (χ1n) is 13.3. The Morgan fingerprint density at radius 2 is 1.59 bits per heavy atom. The van der Waals surface area contributed by atoms with Gasteiger partial charge in [0.05, 0.1) is 17.8 Å². The van der Waals surface area contributed by atoms with Crippen molar-refractivity contribution in [3.05, 3.63) is 89.5 Å². The highest BCUT2D eigenvalue weighted by Gasteiger charge is 2.29. The Morgan fingerprint density at radius 3 is 2.31 bits per heavy atom. The van der Waals surface area contributed by atoms with E-state index in [9.17, 15) is 14.4 Å². The van der Waals surface area contributed by atoms with Gasteiger partial charge in [-0.3, -0.25) is 19.3 Å². The molecule has 0 bridgehead atoms. The number of amides is 3. The Hall–Kier alpha value is -4.43. The number of carbonyl (C=O) groups is 3. The van der Waals surface area contributed by atoms with E-state index >= 15 is 0 Å². The molecule has 0 aromatic heterocycles. The Kier molecular flexibility index (Phi) is 8.03. The van der Waals surface area contributed by atoms with Crippen molar-refractivity contribution in [1.82, 2.24) is 10.2 Å². The van der Waals surface area contributed by atoms with E-state index in [1.807, 2.05) is 30.3 Å². The van der Waals surface area contributed by atoms with Crippen molar-refractivity contribution in [3.8, 4) is 0 Å². The molecule has 8 heteroatoms. The van der Waals surface area contributed by atoms with Crippen molar-refractivity contribution in [2.24, 2.45) is 0 Å². The van der Waals surface area contributed by atoms with Crippen molar-refractivity contribution in [2.75, 3.05) is 35.6 Å². The van der Waals surface area contributed by atoms with Gasteiger partial charge in [-0.25, -0.2) is 0 Å². The zero-order valence-electron chi connectivity index (χ0n) is 22.0. The van der Waals surface area contributed by atoms with Gasteiger partial charge >= 0.3 is 0 Å². The van der Waals surface area contributed by atoms with Crippen molar-refractivity contribution < 1.29 is 14.4 Å². The number of hydrogen-bond acceptors (Lipinski definition) is 5. The molecule has 2 aliphatic rings. The number of piperidine rings is 1. The van der Waals surface area contributed by atoms with Crippen LogP contribution in [0, 0.1) is 0 Å². The SMILES string of the molecule is CC(=O)NCC(=O)Nc1ccc2c(c1)C(=C(Nc1ccc(CN3CCCCC3)cc1)c1ccccc1)C(=O)N2. The first kappa shape index (κ1) is 26.2. The molecule has 0 spiro atoms. The lowest BCUT2D eigenvalue weighted by atomic mass is 9.99. The highest BCUT2D eigenvalue weighted by atomic mass is 16.2. The van der Waals surface area contributed by atoms with Gasteiger partial charge in [-0.05, 0) is 67.4 Å². The summed E-state index contributed by atoms with van der Waals surface area (Å²) in [4.78, 5) is 39.2. The standard InChI is InChI=1S/C31H33N5O3/c1-21(37)32-19-28(38)33-25-14-15-27-26(18-25)29(31(39)35-27)30(23-8-4-2-5-9-23)34-24-12-10-22(11-13-24)20-36-16-6-3-7-17-36/h2,4-5,8-15,18,34H,3,6-7,16-17,19-20H2,1H3,(H,32,37)(H,33,38)(H,35,39). The van der Waals surface area contributed by atoms with Crippen LogP contribution < -0.4 is 21.3 Å². The minimum absolute atomic E-state index is 0.128. The van der Waals surface area contributed by atoms with E-state index in [1.54, 1.807) is 18.2 Å². The van der Waals surface area contributed by atoms with Gasteiger partial charge in [0.1, 0.15) is 0 Å². The minimum atomic E-state index is -0.348. The maximum absolute atomic E-state index is 13.3. The Balaban J connectivity index is 1.44. The molecule has 0 aliphatic carbocycles. The third-order valence-electron chi connectivity index (χ3n) is 6.94. The van der Waals surface area contributed by atoms with E-state index in [0.717, 1.165) is 30.9 Å². The molecule has 0 radical (unpaired) electrons. The molecule has 1 fully saturated rings. The molecule has 5 rings (SSSR count). The minimum Gasteiger partial charge on any atom is -0.354 e. The normalized spacial score (nSPS) is 16.2. The topological polar surface area (TPSA) is 103 Å². The maximum Gasteiger partial charge on any atom is 0.258 e. The number of anilines is 3. The molecule has 8 nitrogen and oxygen atoms in total. The van der Waals surface area contributed by atoms with E-state index in [-0.39, 0.29) is 24.3 Å². The summed E-state index contributed by atoms with van der Waals surface area (Å²) in [6, 6.07) is 23.4. The van der Waals surface area contributed by atoms with Crippen LogP contribution in [0.1, 0.15) is 42.9 Å². The summed E-state index contributed by atoms with van der Waals surface area (Å²) in [7, 11) is 0. The van der Waals surface area contributed by atoms with E-state index in [2.05, 4.69) is 50.4 Å². The van der Waals surface area contributed by atoms with Gasteiger partial charge in [0.25, 0.3) is 5.91 Å².